The minimum Gasteiger partial charge on any atom is -0.396 e. The van der Waals surface area contributed by atoms with Gasteiger partial charge in [0.2, 0.25) is 0 Å². The Bertz CT molecular complexity index is 213. The van der Waals surface area contributed by atoms with E-state index < -0.39 is 0 Å². The molecule has 0 saturated heterocycles. The number of hydrogen-bond acceptors (Lipinski definition) is 2. The van der Waals surface area contributed by atoms with E-state index in [1.54, 1.807) is 0 Å². The first kappa shape index (κ1) is 9.17. The van der Waals surface area contributed by atoms with Gasteiger partial charge in [-0.3, -0.25) is 0 Å². The quantitative estimate of drug-likeness (QED) is 0.731. The summed E-state index contributed by atoms with van der Waals surface area (Å²) in [6, 6.07) is 0. The maximum atomic E-state index is 9.59. The summed E-state index contributed by atoms with van der Waals surface area (Å²) in [7, 11) is 1.86. The summed E-state index contributed by atoms with van der Waals surface area (Å²) in [5, 5.41) is 9.59. The molecule has 0 heterocycles. The average Bonchev–Trinajstić information content (AvgIpc) is 2.16. The van der Waals surface area contributed by atoms with Crippen molar-refractivity contribution in [2.24, 2.45) is 17.3 Å². The fourth-order valence-electron chi connectivity index (χ4n) is 4.79. The molecule has 0 aromatic heterocycles. The molecule has 4 bridgehead atoms. The second-order valence-corrected chi connectivity index (χ2v) is 6.01. The van der Waals surface area contributed by atoms with E-state index in [1.807, 2.05) is 7.11 Å². The summed E-state index contributed by atoms with van der Waals surface area (Å²) in [4.78, 5) is 0. The maximum absolute atomic E-state index is 9.59. The number of methoxy groups -OCH3 is 1. The van der Waals surface area contributed by atoms with E-state index in [-0.39, 0.29) is 11.0 Å². The van der Waals surface area contributed by atoms with E-state index in [0.29, 0.717) is 6.61 Å². The predicted octanol–water partition coefficient (Wildman–Crippen LogP) is 1.96. The van der Waals surface area contributed by atoms with Gasteiger partial charge in [0.05, 0.1) is 5.60 Å². The van der Waals surface area contributed by atoms with Crippen LogP contribution in [0.15, 0.2) is 0 Å². The number of ether oxygens (including phenoxy) is 1. The van der Waals surface area contributed by atoms with Crippen molar-refractivity contribution in [2.45, 2.75) is 44.1 Å². The molecular weight excluding hydrogens is 176 g/mol. The van der Waals surface area contributed by atoms with Crippen molar-refractivity contribution in [3.05, 3.63) is 0 Å². The molecule has 2 unspecified atom stereocenters. The minimum absolute atomic E-state index is 0.146. The summed E-state index contributed by atoms with van der Waals surface area (Å²) in [6.07, 6.45) is 7.52. The van der Waals surface area contributed by atoms with Crippen LogP contribution in [0.5, 0.6) is 0 Å². The highest BCUT2D eigenvalue weighted by atomic mass is 16.5. The summed E-state index contributed by atoms with van der Waals surface area (Å²) in [5.74, 6) is 1.67. The van der Waals surface area contributed by atoms with E-state index >= 15 is 0 Å². The van der Waals surface area contributed by atoms with Crippen LogP contribution in [0.3, 0.4) is 0 Å². The van der Waals surface area contributed by atoms with E-state index in [0.717, 1.165) is 18.3 Å². The lowest BCUT2D eigenvalue weighted by molar-refractivity contribution is -0.189. The van der Waals surface area contributed by atoms with Crippen molar-refractivity contribution in [3.8, 4) is 0 Å². The first-order valence-corrected chi connectivity index (χ1v) is 5.85. The van der Waals surface area contributed by atoms with Gasteiger partial charge in [-0.25, -0.2) is 0 Å². The lowest BCUT2D eigenvalue weighted by Crippen LogP contribution is -2.57. The molecule has 4 fully saturated rings. The van der Waals surface area contributed by atoms with Gasteiger partial charge in [-0.1, -0.05) is 0 Å². The van der Waals surface area contributed by atoms with Gasteiger partial charge in [0.25, 0.3) is 0 Å². The minimum atomic E-state index is 0.146. The van der Waals surface area contributed by atoms with Gasteiger partial charge in [0.1, 0.15) is 0 Å². The van der Waals surface area contributed by atoms with Crippen molar-refractivity contribution >= 4 is 0 Å². The monoisotopic (exact) mass is 196 g/mol. The molecule has 80 valence electrons. The van der Waals surface area contributed by atoms with Gasteiger partial charge >= 0.3 is 0 Å². The third-order valence-electron chi connectivity index (χ3n) is 4.90. The van der Waals surface area contributed by atoms with E-state index in [4.69, 9.17) is 4.74 Å². The summed E-state index contributed by atoms with van der Waals surface area (Å²) < 4.78 is 5.77. The van der Waals surface area contributed by atoms with Crippen LogP contribution in [-0.2, 0) is 4.74 Å². The largest absolute Gasteiger partial charge is 0.396 e. The van der Waals surface area contributed by atoms with Crippen LogP contribution in [0.4, 0.5) is 0 Å². The molecule has 14 heavy (non-hydrogen) atoms. The molecule has 4 aliphatic rings. The fourth-order valence-corrected chi connectivity index (χ4v) is 4.79. The number of hydrogen-bond donors (Lipinski definition) is 1. The molecule has 4 atom stereocenters. The predicted molar refractivity (Wildman–Crippen MR) is 53.9 cm³/mol. The van der Waals surface area contributed by atoms with Crippen LogP contribution in [0.1, 0.15) is 38.5 Å². The van der Waals surface area contributed by atoms with Gasteiger partial charge in [0, 0.05) is 13.7 Å². The van der Waals surface area contributed by atoms with Crippen molar-refractivity contribution in [1.82, 2.24) is 0 Å². The van der Waals surface area contributed by atoms with Gasteiger partial charge in [0.15, 0.2) is 0 Å². The molecule has 0 spiro atoms. The third kappa shape index (κ3) is 1.10. The van der Waals surface area contributed by atoms with Crippen LogP contribution >= 0.6 is 0 Å². The second-order valence-electron chi connectivity index (χ2n) is 6.01. The zero-order valence-corrected chi connectivity index (χ0v) is 8.96. The molecule has 4 saturated carbocycles. The maximum Gasteiger partial charge on any atom is 0.0690 e. The molecule has 0 aromatic rings. The number of aliphatic hydroxyl groups excluding tert-OH is 1. The van der Waals surface area contributed by atoms with E-state index in [2.05, 4.69) is 0 Å². The first-order chi connectivity index (χ1) is 6.69. The molecule has 0 aromatic carbocycles. The highest BCUT2D eigenvalue weighted by Gasteiger charge is 2.57. The lowest BCUT2D eigenvalue weighted by Gasteiger charge is -2.61. The SMILES string of the molecule is COC12C[C@@H]3C[C@@H](CC(CO)(C3)C1)C2. The molecule has 4 aliphatic carbocycles. The van der Waals surface area contributed by atoms with Crippen molar-refractivity contribution in [2.75, 3.05) is 13.7 Å². The van der Waals surface area contributed by atoms with Gasteiger partial charge in [-0.2, -0.15) is 0 Å². The van der Waals surface area contributed by atoms with Crippen molar-refractivity contribution < 1.29 is 9.84 Å². The Morgan fingerprint density at radius 3 is 2.36 bits per heavy atom. The Balaban J connectivity index is 1.94. The average molecular weight is 196 g/mol. The van der Waals surface area contributed by atoms with Crippen LogP contribution < -0.4 is 0 Å². The van der Waals surface area contributed by atoms with Crippen LogP contribution in [-0.4, -0.2) is 24.4 Å². The fraction of sp³-hybridized carbons (Fsp3) is 1.00. The van der Waals surface area contributed by atoms with E-state index in [9.17, 15) is 5.11 Å². The zero-order valence-electron chi connectivity index (χ0n) is 8.96. The summed E-state index contributed by atoms with van der Waals surface area (Å²) >= 11 is 0. The molecule has 0 aliphatic heterocycles. The Morgan fingerprint density at radius 1 is 1.21 bits per heavy atom. The van der Waals surface area contributed by atoms with Crippen molar-refractivity contribution in [1.29, 1.82) is 0 Å². The lowest BCUT2D eigenvalue weighted by atomic mass is 9.48. The Hall–Kier alpha value is -0.0800. The summed E-state index contributed by atoms with van der Waals surface area (Å²) in [5.41, 5.74) is 0.382. The van der Waals surface area contributed by atoms with Gasteiger partial charge in [-0.05, 0) is 55.8 Å². The third-order valence-corrected chi connectivity index (χ3v) is 4.90. The van der Waals surface area contributed by atoms with Crippen molar-refractivity contribution in [3.63, 3.8) is 0 Å². The molecule has 1 N–H and O–H groups in total. The van der Waals surface area contributed by atoms with Crippen LogP contribution in [0.2, 0.25) is 0 Å². The molecule has 4 rings (SSSR count). The van der Waals surface area contributed by atoms with Gasteiger partial charge < -0.3 is 9.84 Å². The topological polar surface area (TPSA) is 29.5 Å². The Kier molecular flexibility index (Phi) is 1.79. The smallest absolute Gasteiger partial charge is 0.0690 e. The molecule has 0 radical (unpaired) electrons. The molecule has 0 amide bonds. The molecular formula is C12H20O2. The normalized spacial score (nSPS) is 55.3. The summed E-state index contributed by atoms with van der Waals surface area (Å²) in [6.45, 7) is 0.380. The molecule has 2 heteroatoms. The molecule has 2 nitrogen and oxygen atoms in total. The second kappa shape index (κ2) is 2.73. The van der Waals surface area contributed by atoms with Crippen LogP contribution in [0, 0.1) is 17.3 Å². The first-order valence-electron chi connectivity index (χ1n) is 5.85. The standard InChI is InChI=1S/C12H20O2/c1-14-12-5-9-2-10(6-12)4-11(3-9,7-12)8-13/h9-10,13H,2-8H2,1H3/t9-,10+,11?,12?. The zero-order chi connectivity index (χ0) is 9.81. The van der Waals surface area contributed by atoms with E-state index in [1.165, 1.54) is 32.1 Å². The van der Waals surface area contributed by atoms with Gasteiger partial charge in [-0.15, -0.1) is 0 Å². The highest BCUT2D eigenvalue weighted by Crippen LogP contribution is 2.62. The Labute approximate surface area is 85.6 Å². The number of aliphatic hydroxyl groups is 1. The Morgan fingerprint density at radius 2 is 1.86 bits per heavy atom. The highest BCUT2D eigenvalue weighted by molar-refractivity contribution is 5.08. The van der Waals surface area contributed by atoms with Crippen LogP contribution in [0.25, 0.3) is 0 Å². The number of rotatable bonds is 2.